The fourth-order valence-electron chi connectivity index (χ4n) is 1.88. The Morgan fingerprint density at radius 3 is 2.78 bits per heavy atom. The molecule has 0 saturated heterocycles. The number of carbonyl (C=O) groups is 1. The number of carboxylic acids is 1. The average molecular weight is 309 g/mol. The van der Waals surface area contributed by atoms with E-state index in [1.165, 1.54) is 0 Å². The highest BCUT2D eigenvalue weighted by atomic mass is 79.9. The zero-order valence-corrected chi connectivity index (χ0v) is 11.7. The molecule has 2 rings (SSSR count). The van der Waals surface area contributed by atoms with Crippen molar-refractivity contribution in [2.75, 3.05) is 0 Å². The van der Waals surface area contributed by atoms with Gasteiger partial charge in [0.05, 0.1) is 18.3 Å². The van der Waals surface area contributed by atoms with E-state index in [1.807, 2.05) is 32.0 Å². The number of halogens is 1. The molecule has 2 aromatic rings. The minimum Gasteiger partial charge on any atom is -0.481 e. The van der Waals surface area contributed by atoms with Crippen molar-refractivity contribution in [2.45, 2.75) is 20.3 Å². The summed E-state index contributed by atoms with van der Waals surface area (Å²) in [5.41, 5.74) is 3.65. The van der Waals surface area contributed by atoms with Crippen LogP contribution in [0.2, 0.25) is 0 Å². The molecule has 0 amide bonds. The van der Waals surface area contributed by atoms with Crippen molar-refractivity contribution < 1.29 is 9.90 Å². The molecule has 1 aromatic carbocycles. The van der Waals surface area contributed by atoms with Crippen molar-refractivity contribution in [1.82, 2.24) is 9.78 Å². The van der Waals surface area contributed by atoms with Gasteiger partial charge in [0.15, 0.2) is 0 Å². The Balaban J connectivity index is 2.45. The number of aliphatic carboxylic acids is 1. The van der Waals surface area contributed by atoms with Crippen molar-refractivity contribution in [3.05, 3.63) is 45.7 Å². The Hall–Kier alpha value is -1.62. The Morgan fingerprint density at radius 1 is 1.44 bits per heavy atom. The van der Waals surface area contributed by atoms with E-state index in [0.29, 0.717) is 0 Å². The Labute approximate surface area is 113 Å². The van der Waals surface area contributed by atoms with Gasteiger partial charge in [0, 0.05) is 15.7 Å². The van der Waals surface area contributed by atoms with Crippen molar-refractivity contribution in [2.24, 2.45) is 0 Å². The second-order valence-corrected chi connectivity index (χ2v) is 5.08. The molecule has 0 aliphatic carbocycles. The van der Waals surface area contributed by atoms with Crippen LogP contribution in [0, 0.1) is 13.8 Å². The third-order valence-electron chi connectivity index (χ3n) is 2.84. The summed E-state index contributed by atoms with van der Waals surface area (Å²) in [5, 5.41) is 13.1. The van der Waals surface area contributed by atoms with Crippen LogP contribution in [0.3, 0.4) is 0 Å². The Bertz CT molecular complexity index is 605. The lowest BCUT2D eigenvalue weighted by molar-refractivity contribution is -0.136. The molecule has 1 aromatic heterocycles. The van der Waals surface area contributed by atoms with Crippen LogP contribution < -0.4 is 0 Å². The summed E-state index contributed by atoms with van der Waals surface area (Å²) in [6.07, 6.45) is 1.62. The summed E-state index contributed by atoms with van der Waals surface area (Å²) in [6, 6.07) is 5.91. The molecule has 0 fully saturated rings. The quantitative estimate of drug-likeness (QED) is 0.948. The van der Waals surface area contributed by atoms with Gasteiger partial charge in [-0.1, -0.05) is 15.9 Å². The number of nitrogens with zero attached hydrogens (tertiary/aromatic N) is 2. The van der Waals surface area contributed by atoms with E-state index in [2.05, 4.69) is 21.0 Å². The molecule has 0 radical (unpaired) electrons. The maximum Gasteiger partial charge on any atom is 0.307 e. The second kappa shape index (κ2) is 4.94. The lowest BCUT2D eigenvalue weighted by Gasteiger charge is -2.09. The molecule has 0 aliphatic rings. The Morgan fingerprint density at radius 2 is 2.17 bits per heavy atom. The summed E-state index contributed by atoms with van der Waals surface area (Å²) in [7, 11) is 0. The molecule has 0 atom stereocenters. The van der Waals surface area contributed by atoms with Crippen molar-refractivity contribution >= 4 is 21.9 Å². The smallest absolute Gasteiger partial charge is 0.307 e. The fraction of sp³-hybridized carbons (Fsp3) is 0.231. The van der Waals surface area contributed by atoms with Gasteiger partial charge in [0.25, 0.3) is 0 Å². The van der Waals surface area contributed by atoms with Crippen molar-refractivity contribution in [3.8, 4) is 5.69 Å². The molecule has 5 heteroatoms. The molecule has 1 heterocycles. The van der Waals surface area contributed by atoms with Crippen LogP contribution in [0.5, 0.6) is 0 Å². The standard InChI is InChI=1S/C13H13BrN2O2/c1-8-5-11(14)3-4-12(8)16-9(2)10(7-15-16)6-13(17)18/h3-5,7H,6H2,1-2H3,(H,17,18). The molecule has 94 valence electrons. The van der Waals surface area contributed by atoms with Gasteiger partial charge < -0.3 is 5.11 Å². The SMILES string of the molecule is Cc1cc(Br)ccc1-n1ncc(CC(=O)O)c1C. The molecular formula is C13H13BrN2O2. The highest BCUT2D eigenvalue weighted by molar-refractivity contribution is 9.10. The minimum absolute atomic E-state index is 0.00140. The largest absolute Gasteiger partial charge is 0.481 e. The third kappa shape index (κ3) is 2.46. The number of carboxylic acid groups (broad SMARTS) is 1. The first kappa shape index (κ1) is 12.8. The maximum atomic E-state index is 10.7. The molecule has 0 aliphatic heterocycles. The van der Waals surface area contributed by atoms with Crippen LogP contribution in [0.4, 0.5) is 0 Å². The fourth-order valence-corrected chi connectivity index (χ4v) is 2.35. The average Bonchev–Trinajstić information content (AvgIpc) is 2.60. The van der Waals surface area contributed by atoms with Gasteiger partial charge in [-0.2, -0.15) is 5.10 Å². The van der Waals surface area contributed by atoms with E-state index in [0.717, 1.165) is 27.0 Å². The first-order chi connectivity index (χ1) is 8.49. The Kier molecular flexibility index (Phi) is 3.52. The van der Waals surface area contributed by atoms with E-state index in [9.17, 15) is 4.79 Å². The van der Waals surface area contributed by atoms with Crippen molar-refractivity contribution in [3.63, 3.8) is 0 Å². The minimum atomic E-state index is -0.842. The van der Waals surface area contributed by atoms with E-state index < -0.39 is 5.97 Å². The normalized spacial score (nSPS) is 10.6. The van der Waals surface area contributed by atoms with Crippen molar-refractivity contribution in [1.29, 1.82) is 0 Å². The molecule has 0 unspecified atom stereocenters. The zero-order chi connectivity index (χ0) is 13.3. The van der Waals surface area contributed by atoms with Crippen LogP contribution in [0.25, 0.3) is 5.69 Å². The van der Waals surface area contributed by atoms with Gasteiger partial charge >= 0.3 is 5.97 Å². The van der Waals surface area contributed by atoms with Crippen LogP contribution in [-0.4, -0.2) is 20.9 Å². The zero-order valence-electron chi connectivity index (χ0n) is 10.1. The molecule has 18 heavy (non-hydrogen) atoms. The predicted octanol–water partition coefficient (Wildman–Crippen LogP) is 2.88. The van der Waals surface area contributed by atoms with Crippen LogP contribution in [0.1, 0.15) is 16.8 Å². The highest BCUT2D eigenvalue weighted by Gasteiger charge is 2.12. The second-order valence-electron chi connectivity index (χ2n) is 4.17. The van der Waals surface area contributed by atoms with Gasteiger partial charge in [-0.3, -0.25) is 4.79 Å². The van der Waals surface area contributed by atoms with E-state index in [1.54, 1.807) is 10.9 Å². The maximum absolute atomic E-state index is 10.7. The molecular weight excluding hydrogens is 296 g/mol. The summed E-state index contributed by atoms with van der Waals surface area (Å²) >= 11 is 3.42. The van der Waals surface area contributed by atoms with Gasteiger partial charge in [-0.05, 0) is 37.6 Å². The van der Waals surface area contributed by atoms with Crippen LogP contribution >= 0.6 is 15.9 Å². The number of aryl methyl sites for hydroxylation is 1. The molecule has 0 spiro atoms. The van der Waals surface area contributed by atoms with E-state index in [4.69, 9.17) is 5.11 Å². The topological polar surface area (TPSA) is 55.1 Å². The third-order valence-corrected chi connectivity index (χ3v) is 3.33. The number of rotatable bonds is 3. The number of benzene rings is 1. The summed E-state index contributed by atoms with van der Waals surface area (Å²) in [4.78, 5) is 10.7. The summed E-state index contributed by atoms with van der Waals surface area (Å²) < 4.78 is 2.79. The molecule has 0 bridgehead atoms. The van der Waals surface area contributed by atoms with Gasteiger partial charge in [0.1, 0.15) is 0 Å². The van der Waals surface area contributed by atoms with E-state index >= 15 is 0 Å². The van der Waals surface area contributed by atoms with E-state index in [-0.39, 0.29) is 6.42 Å². The van der Waals surface area contributed by atoms with Crippen LogP contribution in [0.15, 0.2) is 28.9 Å². The predicted molar refractivity (Wildman–Crippen MR) is 72.1 cm³/mol. The first-order valence-corrected chi connectivity index (χ1v) is 6.30. The number of hydrogen-bond acceptors (Lipinski definition) is 2. The highest BCUT2D eigenvalue weighted by Crippen LogP contribution is 2.21. The lowest BCUT2D eigenvalue weighted by atomic mass is 10.1. The van der Waals surface area contributed by atoms with Crippen LogP contribution in [-0.2, 0) is 11.2 Å². The summed E-state index contributed by atoms with van der Waals surface area (Å²) in [6.45, 7) is 3.88. The number of hydrogen-bond donors (Lipinski definition) is 1. The summed E-state index contributed by atoms with van der Waals surface area (Å²) in [5.74, 6) is -0.842. The first-order valence-electron chi connectivity index (χ1n) is 5.51. The monoisotopic (exact) mass is 308 g/mol. The number of aromatic nitrogens is 2. The van der Waals surface area contributed by atoms with Gasteiger partial charge in [-0.15, -0.1) is 0 Å². The molecule has 4 nitrogen and oxygen atoms in total. The molecule has 1 N–H and O–H groups in total. The molecule has 0 saturated carbocycles. The lowest BCUT2D eigenvalue weighted by Crippen LogP contribution is -2.04. The van der Waals surface area contributed by atoms with Gasteiger partial charge in [0.2, 0.25) is 0 Å². The van der Waals surface area contributed by atoms with Gasteiger partial charge in [-0.25, -0.2) is 4.68 Å².